The Hall–Kier alpha value is -1.26. The van der Waals surface area contributed by atoms with Crippen molar-refractivity contribution >= 4 is 18.3 Å². The maximum absolute atomic E-state index is 12.5. The third kappa shape index (κ3) is 4.42. The van der Waals surface area contributed by atoms with Gasteiger partial charge in [-0.25, -0.2) is 0 Å². The Kier molecular flexibility index (Phi) is 6.53. The van der Waals surface area contributed by atoms with Crippen LogP contribution in [-0.2, 0) is 4.79 Å². The van der Waals surface area contributed by atoms with Crippen LogP contribution in [0, 0.1) is 19.8 Å². The molecule has 0 spiro atoms. The summed E-state index contributed by atoms with van der Waals surface area (Å²) < 4.78 is 6.18. The summed E-state index contributed by atoms with van der Waals surface area (Å²) in [7, 11) is 0. The molecule has 1 amide bonds. The molecule has 2 atom stereocenters. The zero-order valence-corrected chi connectivity index (χ0v) is 15.5. The van der Waals surface area contributed by atoms with E-state index in [1.807, 2.05) is 4.90 Å². The quantitative estimate of drug-likeness (QED) is 0.908. The average molecular weight is 353 g/mol. The third-order valence-corrected chi connectivity index (χ3v) is 5.21. The highest BCUT2D eigenvalue weighted by Gasteiger charge is 2.33. The summed E-state index contributed by atoms with van der Waals surface area (Å²) in [5.74, 6) is 1.45. The Bertz CT molecular complexity index is 570. The summed E-state index contributed by atoms with van der Waals surface area (Å²) in [6.07, 6.45) is 4.85. The van der Waals surface area contributed by atoms with E-state index < -0.39 is 0 Å². The molecule has 24 heavy (non-hydrogen) atoms. The monoisotopic (exact) mass is 352 g/mol. The van der Waals surface area contributed by atoms with Crippen LogP contribution in [0.15, 0.2) is 18.2 Å². The number of carbonyl (C=O) groups excluding carboxylic acids is 1. The highest BCUT2D eigenvalue weighted by molar-refractivity contribution is 5.85. The van der Waals surface area contributed by atoms with Crippen LogP contribution in [0.4, 0.5) is 0 Å². The van der Waals surface area contributed by atoms with Gasteiger partial charge in [-0.05, 0) is 50.3 Å². The van der Waals surface area contributed by atoms with Crippen LogP contribution in [0.25, 0.3) is 0 Å². The lowest BCUT2D eigenvalue weighted by molar-refractivity contribution is -0.137. The van der Waals surface area contributed by atoms with E-state index in [2.05, 4.69) is 32.0 Å². The van der Waals surface area contributed by atoms with Gasteiger partial charge in [-0.15, -0.1) is 12.4 Å². The highest BCUT2D eigenvalue weighted by atomic mass is 35.5. The van der Waals surface area contributed by atoms with Crippen molar-refractivity contribution in [2.24, 2.45) is 11.7 Å². The molecule has 1 heterocycles. The van der Waals surface area contributed by atoms with Crippen LogP contribution in [0.5, 0.6) is 5.75 Å². The minimum absolute atomic E-state index is 0. The van der Waals surface area contributed by atoms with Gasteiger partial charge >= 0.3 is 0 Å². The number of piperidine rings is 1. The first-order valence-electron chi connectivity index (χ1n) is 8.81. The van der Waals surface area contributed by atoms with Crippen molar-refractivity contribution in [1.82, 2.24) is 4.90 Å². The molecule has 2 fully saturated rings. The molecule has 2 N–H and O–H groups in total. The van der Waals surface area contributed by atoms with E-state index in [9.17, 15) is 4.79 Å². The number of likely N-dealkylation sites (tertiary alicyclic amines) is 1. The predicted octanol–water partition coefficient (Wildman–Crippen LogP) is 3.22. The number of nitrogens with zero attached hydrogens (tertiary/aromatic N) is 1. The van der Waals surface area contributed by atoms with Crippen molar-refractivity contribution in [2.45, 2.75) is 58.1 Å². The molecule has 3 rings (SSSR count). The molecule has 1 saturated heterocycles. The maximum atomic E-state index is 12.5. The molecule has 1 aromatic rings. The number of ether oxygens (including phenoxy) is 1. The van der Waals surface area contributed by atoms with Crippen LogP contribution in [0.3, 0.4) is 0 Å². The molecule has 0 radical (unpaired) electrons. The number of amides is 1. The Morgan fingerprint density at radius 2 is 1.88 bits per heavy atom. The van der Waals surface area contributed by atoms with Crippen molar-refractivity contribution in [1.29, 1.82) is 0 Å². The molecule has 0 aromatic heterocycles. The lowest BCUT2D eigenvalue weighted by Gasteiger charge is -2.34. The molecule has 1 aliphatic heterocycles. The first-order chi connectivity index (χ1) is 11.0. The fourth-order valence-corrected chi connectivity index (χ4v) is 3.71. The minimum Gasteiger partial charge on any atom is -0.490 e. The molecule has 4 nitrogen and oxygen atoms in total. The van der Waals surface area contributed by atoms with Gasteiger partial charge in [0.25, 0.3) is 0 Å². The SMILES string of the molecule is Cc1ccc(C)c(OC2CCN(C(=O)C3CCC(N)C3)CC2)c1.Cl. The van der Waals surface area contributed by atoms with Crippen molar-refractivity contribution in [3.63, 3.8) is 0 Å². The topological polar surface area (TPSA) is 55.6 Å². The summed E-state index contributed by atoms with van der Waals surface area (Å²) >= 11 is 0. The predicted molar refractivity (Wildman–Crippen MR) is 98.7 cm³/mol. The fourth-order valence-electron chi connectivity index (χ4n) is 3.71. The molecule has 134 valence electrons. The van der Waals surface area contributed by atoms with Gasteiger partial charge in [0.2, 0.25) is 5.91 Å². The molecular weight excluding hydrogens is 324 g/mol. The standard InChI is InChI=1S/C19H28N2O2.ClH/c1-13-3-4-14(2)18(11-13)23-17-7-9-21(10-8-17)19(22)15-5-6-16(20)12-15;/h3-4,11,15-17H,5-10,12,20H2,1-2H3;1H. The number of rotatable bonds is 3. The van der Waals surface area contributed by atoms with Gasteiger partial charge in [-0.3, -0.25) is 4.79 Å². The highest BCUT2D eigenvalue weighted by Crippen LogP contribution is 2.28. The van der Waals surface area contributed by atoms with Crippen LogP contribution in [0.1, 0.15) is 43.2 Å². The van der Waals surface area contributed by atoms with Gasteiger partial charge in [-0.2, -0.15) is 0 Å². The van der Waals surface area contributed by atoms with E-state index in [1.165, 1.54) is 11.1 Å². The van der Waals surface area contributed by atoms with Crippen LogP contribution in [-0.4, -0.2) is 36.0 Å². The Balaban J connectivity index is 0.00000208. The first kappa shape index (κ1) is 19.1. The Morgan fingerprint density at radius 3 is 2.50 bits per heavy atom. The summed E-state index contributed by atoms with van der Waals surface area (Å²) in [6.45, 7) is 5.77. The molecule has 2 unspecified atom stereocenters. The van der Waals surface area contributed by atoms with Gasteiger partial charge in [0.1, 0.15) is 11.9 Å². The van der Waals surface area contributed by atoms with Crippen LogP contribution >= 0.6 is 12.4 Å². The first-order valence-corrected chi connectivity index (χ1v) is 8.81. The van der Waals surface area contributed by atoms with E-state index >= 15 is 0 Å². The second kappa shape index (κ2) is 8.21. The van der Waals surface area contributed by atoms with Crippen LogP contribution < -0.4 is 10.5 Å². The molecule has 1 aromatic carbocycles. The Morgan fingerprint density at radius 1 is 1.17 bits per heavy atom. The zero-order chi connectivity index (χ0) is 16.4. The van der Waals surface area contributed by atoms with E-state index in [1.54, 1.807) is 0 Å². The lowest BCUT2D eigenvalue weighted by atomic mass is 10.0. The summed E-state index contributed by atoms with van der Waals surface area (Å²) in [5.41, 5.74) is 8.33. The fraction of sp³-hybridized carbons (Fsp3) is 0.632. The summed E-state index contributed by atoms with van der Waals surface area (Å²) in [5, 5.41) is 0. The van der Waals surface area contributed by atoms with Gasteiger partial charge < -0.3 is 15.4 Å². The molecule has 5 heteroatoms. The molecule has 1 saturated carbocycles. The number of hydrogen-bond donors (Lipinski definition) is 1. The van der Waals surface area contributed by atoms with E-state index in [0.717, 1.165) is 50.9 Å². The number of halogens is 1. The van der Waals surface area contributed by atoms with Gasteiger partial charge in [-0.1, -0.05) is 12.1 Å². The maximum Gasteiger partial charge on any atom is 0.225 e. The largest absolute Gasteiger partial charge is 0.490 e. The molecule has 0 bridgehead atoms. The summed E-state index contributed by atoms with van der Waals surface area (Å²) in [4.78, 5) is 14.6. The van der Waals surface area contributed by atoms with Gasteiger partial charge in [0, 0.05) is 37.9 Å². The Labute approximate surface area is 151 Å². The number of aryl methyl sites for hydroxylation is 2. The van der Waals surface area contributed by atoms with Gasteiger partial charge in [0.15, 0.2) is 0 Å². The third-order valence-electron chi connectivity index (χ3n) is 5.21. The van der Waals surface area contributed by atoms with Crippen molar-refractivity contribution in [3.05, 3.63) is 29.3 Å². The number of carbonyl (C=O) groups is 1. The smallest absolute Gasteiger partial charge is 0.225 e. The summed E-state index contributed by atoms with van der Waals surface area (Å²) in [6, 6.07) is 6.53. The minimum atomic E-state index is 0. The number of benzene rings is 1. The van der Waals surface area contributed by atoms with Crippen molar-refractivity contribution < 1.29 is 9.53 Å². The zero-order valence-electron chi connectivity index (χ0n) is 14.7. The molecule has 1 aliphatic carbocycles. The lowest BCUT2D eigenvalue weighted by Crippen LogP contribution is -2.44. The van der Waals surface area contributed by atoms with E-state index in [-0.39, 0.29) is 30.5 Å². The van der Waals surface area contributed by atoms with Crippen LogP contribution in [0.2, 0.25) is 0 Å². The normalized spacial score (nSPS) is 24.5. The number of hydrogen-bond acceptors (Lipinski definition) is 3. The molecular formula is C19H29ClN2O2. The van der Waals surface area contributed by atoms with E-state index in [4.69, 9.17) is 10.5 Å². The van der Waals surface area contributed by atoms with E-state index in [0.29, 0.717) is 5.91 Å². The second-order valence-corrected chi connectivity index (χ2v) is 7.18. The van der Waals surface area contributed by atoms with Crippen molar-refractivity contribution in [3.8, 4) is 5.75 Å². The van der Waals surface area contributed by atoms with Gasteiger partial charge in [0.05, 0.1) is 0 Å². The average Bonchev–Trinajstić information content (AvgIpc) is 2.97. The molecule has 2 aliphatic rings. The number of nitrogens with two attached hydrogens (primary N) is 1. The van der Waals surface area contributed by atoms with Crippen molar-refractivity contribution in [2.75, 3.05) is 13.1 Å². The second-order valence-electron chi connectivity index (χ2n) is 7.18.